The number of nitrogens with two attached hydrogens (primary N) is 1. The van der Waals surface area contributed by atoms with Crippen molar-refractivity contribution in [3.8, 4) is 0 Å². The van der Waals surface area contributed by atoms with E-state index in [1.165, 1.54) is 24.3 Å². The molecule has 0 unspecified atom stereocenters. The number of aliphatic hydroxyl groups excluding tert-OH is 2. The van der Waals surface area contributed by atoms with Gasteiger partial charge in [-0.2, -0.15) is 11.8 Å². The molecule has 5 N–H and O–H groups in total. The van der Waals surface area contributed by atoms with E-state index in [-0.39, 0.29) is 18.3 Å². The molecule has 12 heteroatoms. The zero-order chi connectivity index (χ0) is 20.3. The summed E-state index contributed by atoms with van der Waals surface area (Å²) in [4.78, 5) is 24.1. The van der Waals surface area contributed by atoms with Gasteiger partial charge in [-0.15, -0.1) is 0 Å². The number of thioether (sulfide) groups is 1. The summed E-state index contributed by atoms with van der Waals surface area (Å²) < 4.78 is 12.2. The van der Waals surface area contributed by atoms with Gasteiger partial charge in [0.25, 0.3) is 0 Å². The van der Waals surface area contributed by atoms with E-state index in [2.05, 4.69) is 20.3 Å². The quantitative estimate of drug-likeness (QED) is 0.390. The number of carbonyl (C=O) groups excluding carboxylic acids is 1. The van der Waals surface area contributed by atoms with E-state index in [1.54, 1.807) is 11.8 Å². The second-order valence-corrected chi connectivity index (χ2v) is 7.38. The van der Waals surface area contributed by atoms with Gasteiger partial charge in [-0.1, -0.05) is 0 Å². The molecule has 5 atom stereocenters. The molecule has 0 saturated carbocycles. The van der Waals surface area contributed by atoms with Crippen LogP contribution in [-0.2, 0) is 14.3 Å². The molecule has 2 aromatic rings. The van der Waals surface area contributed by atoms with Crippen molar-refractivity contribution < 1.29 is 24.5 Å². The second kappa shape index (κ2) is 9.01. The maximum absolute atomic E-state index is 11.9. The molecule has 0 aromatic carbocycles. The average Bonchev–Trinajstić information content (AvgIpc) is 3.24. The smallest absolute Gasteiger partial charge is 0.322 e. The molecule has 1 aliphatic rings. The van der Waals surface area contributed by atoms with E-state index in [0.717, 1.165) is 5.75 Å². The molecule has 154 valence electrons. The highest BCUT2D eigenvalue weighted by Gasteiger charge is 2.44. The summed E-state index contributed by atoms with van der Waals surface area (Å²) in [6.07, 6.45) is 1.25. The minimum atomic E-state index is -1.21. The van der Waals surface area contributed by atoms with Crippen LogP contribution in [0.15, 0.2) is 12.7 Å². The Bertz CT molecular complexity index is 820. The molecule has 0 amide bonds. The van der Waals surface area contributed by atoms with E-state index < -0.39 is 30.6 Å². The SMILES string of the molecule is COC(=O)[C@H](CCSC)NC[C@H]1O[C@@H](n2cnc3c(N)ncnc32)[C@H](O)[C@@H]1O. The fraction of sp³-hybridized carbons (Fsp3) is 0.625. The Labute approximate surface area is 165 Å². The van der Waals surface area contributed by atoms with Crippen LogP contribution in [0.3, 0.4) is 0 Å². The third kappa shape index (κ3) is 4.05. The van der Waals surface area contributed by atoms with Gasteiger partial charge >= 0.3 is 5.97 Å². The van der Waals surface area contributed by atoms with Crippen LogP contribution in [0.25, 0.3) is 11.2 Å². The molecular weight excluding hydrogens is 388 g/mol. The number of fused-ring (bicyclic) bond motifs is 1. The summed E-state index contributed by atoms with van der Waals surface area (Å²) in [7, 11) is 1.33. The number of aromatic nitrogens is 4. The van der Waals surface area contributed by atoms with Gasteiger partial charge in [-0.25, -0.2) is 15.0 Å². The first kappa shape index (κ1) is 20.7. The Morgan fingerprint density at radius 3 is 2.93 bits per heavy atom. The second-order valence-electron chi connectivity index (χ2n) is 6.39. The van der Waals surface area contributed by atoms with E-state index in [1.807, 2.05) is 6.26 Å². The van der Waals surface area contributed by atoms with Crippen LogP contribution in [0.5, 0.6) is 0 Å². The number of carbonyl (C=O) groups is 1. The topological polar surface area (TPSA) is 158 Å². The van der Waals surface area contributed by atoms with Crippen molar-refractivity contribution in [3.05, 3.63) is 12.7 Å². The van der Waals surface area contributed by atoms with Crippen LogP contribution in [-0.4, -0.2) is 85.7 Å². The van der Waals surface area contributed by atoms with Crippen LogP contribution in [0, 0.1) is 0 Å². The highest BCUT2D eigenvalue weighted by molar-refractivity contribution is 7.98. The van der Waals surface area contributed by atoms with Crippen LogP contribution in [0.2, 0.25) is 0 Å². The summed E-state index contributed by atoms with van der Waals surface area (Å²) in [5, 5.41) is 23.9. The normalized spacial score (nSPS) is 25.9. The fourth-order valence-electron chi connectivity index (χ4n) is 3.12. The summed E-state index contributed by atoms with van der Waals surface area (Å²) in [5.41, 5.74) is 6.56. The predicted octanol–water partition coefficient (Wildman–Crippen LogP) is -1.09. The third-order valence-electron chi connectivity index (χ3n) is 4.66. The number of nitrogens with one attached hydrogen (secondary N) is 1. The zero-order valence-corrected chi connectivity index (χ0v) is 16.4. The molecule has 0 bridgehead atoms. The molecule has 3 rings (SSSR count). The standard InChI is InChI=1S/C16H24N6O5S/c1-26-16(25)8(3-4-28-2)18-5-9-11(23)12(24)15(27-9)22-7-21-10-13(17)19-6-20-14(10)22/h6-9,11-12,15,18,23-24H,3-5H2,1-2H3,(H2,17,19,20)/t8-,9+,11+,12+,15+/m0/s1. The molecule has 2 aromatic heterocycles. The van der Waals surface area contributed by atoms with Gasteiger partial charge in [-0.05, 0) is 18.4 Å². The first-order valence-electron chi connectivity index (χ1n) is 8.72. The minimum Gasteiger partial charge on any atom is -0.468 e. The van der Waals surface area contributed by atoms with Gasteiger partial charge < -0.3 is 30.7 Å². The van der Waals surface area contributed by atoms with Crippen LogP contribution in [0.1, 0.15) is 12.6 Å². The lowest BCUT2D eigenvalue weighted by Gasteiger charge is -2.20. The highest BCUT2D eigenvalue weighted by Crippen LogP contribution is 2.31. The Balaban J connectivity index is 1.71. The number of methoxy groups -OCH3 is 1. The van der Waals surface area contributed by atoms with E-state index in [0.29, 0.717) is 17.6 Å². The number of nitrogens with zero attached hydrogens (tertiary/aromatic N) is 4. The van der Waals surface area contributed by atoms with Gasteiger partial charge in [0.2, 0.25) is 0 Å². The number of aliphatic hydroxyl groups is 2. The van der Waals surface area contributed by atoms with Gasteiger partial charge in [0.05, 0.1) is 13.4 Å². The lowest BCUT2D eigenvalue weighted by atomic mass is 10.1. The number of hydrogen-bond donors (Lipinski definition) is 4. The van der Waals surface area contributed by atoms with Gasteiger partial charge in [0, 0.05) is 6.54 Å². The first-order chi connectivity index (χ1) is 13.5. The molecule has 1 aliphatic heterocycles. The van der Waals surface area contributed by atoms with Gasteiger partial charge in [-0.3, -0.25) is 9.36 Å². The molecule has 3 heterocycles. The van der Waals surface area contributed by atoms with Crippen LogP contribution >= 0.6 is 11.8 Å². The molecular formula is C16H24N6O5S. The van der Waals surface area contributed by atoms with Crippen molar-refractivity contribution in [2.45, 2.75) is 37.0 Å². The molecule has 0 aliphatic carbocycles. The van der Waals surface area contributed by atoms with Crippen LogP contribution in [0.4, 0.5) is 5.82 Å². The van der Waals surface area contributed by atoms with Crippen molar-refractivity contribution in [2.75, 3.05) is 31.4 Å². The number of esters is 1. The molecule has 28 heavy (non-hydrogen) atoms. The summed E-state index contributed by atoms with van der Waals surface area (Å²) in [5.74, 6) is 0.602. The number of ether oxygens (including phenoxy) is 2. The zero-order valence-electron chi connectivity index (χ0n) is 15.6. The van der Waals surface area contributed by atoms with E-state index in [4.69, 9.17) is 15.2 Å². The number of rotatable bonds is 8. The van der Waals surface area contributed by atoms with Gasteiger partial charge in [0.15, 0.2) is 17.7 Å². The van der Waals surface area contributed by atoms with Crippen molar-refractivity contribution in [1.82, 2.24) is 24.8 Å². The fourth-order valence-corrected chi connectivity index (χ4v) is 3.59. The average molecular weight is 412 g/mol. The lowest BCUT2D eigenvalue weighted by Crippen LogP contribution is -2.45. The Kier molecular flexibility index (Phi) is 6.67. The largest absolute Gasteiger partial charge is 0.468 e. The monoisotopic (exact) mass is 412 g/mol. The van der Waals surface area contributed by atoms with Gasteiger partial charge in [0.1, 0.15) is 36.2 Å². The predicted molar refractivity (Wildman–Crippen MR) is 102 cm³/mol. The number of anilines is 1. The maximum Gasteiger partial charge on any atom is 0.322 e. The summed E-state index contributed by atoms with van der Waals surface area (Å²) in [6.45, 7) is 0.159. The molecule has 11 nitrogen and oxygen atoms in total. The maximum atomic E-state index is 11.9. The minimum absolute atomic E-state index is 0.159. The Morgan fingerprint density at radius 2 is 2.21 bits per heavy atom. The lowest BCUT2D eigenvalue weighted by molar-refractivity contribution is -0.143. The molecule has 0 radical (unpaired) electrons. The van der Waals surface area contributed by atoms with Crippen molar-refractivity contribution in [2.24, 2.45) is 0 Å². The number of hydrogen-bond acceptors (Lipinski definition) is 11. The highest BCUT2D eigenvalue weighted by atomic mass is 32.2. The first-order valence-corrected chi connectivity index (χ1v) is 10.1. The summed E-state index contributed by atoms with van der Waals surface area (Å²) >= 11 is 1.62. The van der Waals surface area contributed by atoms with Crippen molar-refractivity contribution in [1.29, 1.82) is 0 Å². The molecule has 1 fully saturated rings. The van der Waals surface area contributed by atoms with E-state index in [9.17, 15) is 15.0 Å². The third-order valence-corrected chi connectivity index (χ3v) is 5.30. The Morgan fingerprint density at radius 1 is 1.43 bits per heavy atom. The number of imidazole rings is 1. The number of nitrogen functional groups attached to an aromatic ring is 1. The van der Waals surface area contributed by atoms with Crippen molar-refractivity contribution >= 4 is 34.7 Å². The summed E-state index contributed by atoms with van der Waals surface area (Å²) in [6, 6.07) is -0.522. The molecule has 0 spiro atoms. The van der Waals surface area contributed by atoms with Crippen molar-refractivity contribution in [3.63, 3.8) is 0 Å². The Hall–Kier alpha value is -1.99. The molecule has 1 saturated heterocycles. The van der Waals surface area contributed by atoms with E-state index >= 15 is 0 Å². The van der Waals surface area contributed by atoms with Crippen LogP contribution < -0.4 is 11.1 Å².